The second-order valence-corrected chi connectivity index (χ2v) is 6.11. The van der Waals surface area contributed by atoms with E-state index < -0.39 is 0 Å². The summed E-state index contributed by atoms with van der Waals surface area (Å²) in [5.74, 6) is 0.823. The number of ketones is 1. The van der Waals surface area contributed by atoms with E-state index in [0.717, 1.165) is 38.1 Å². The second-order valence-electron chi connectivity index (χ2n) is 6.11. The quantitative estimate of drug-likeness (QED) is 0.686. The fraction of sp³-hybridized carbons (Fsp3) is 0.579. The monoisotopic (exact) mass is 333 g/mol. The Balaban J connectivity index is 1.77. The van der Waals surface area contributed by atoms with Gasteiger partial charge in [0, 0.05) is 38.6 Å². The maximum Gasteiger partial charge on any atom is 0.223 e. The van der Waals surface area contributed by atoms with E-state index in [9.17, 15) is 9.59 Å². The molecule has 0 aliphatic carbocycles. The highest BCUT2D eigenvalue weighted by Gasteiger charge is 2.22. The smallest absolute Gasteiger partial charge is 0.223 e. The van der Waals surface area contributed by atoms with E-state index in [1.165, 1.54) is 0 Å². The van der Waals surface area contributed by atoms with Crippen LogP contribution in [0.5, 0.6) is 5.75 Å². The van der Waals surface area contributed by atoms with Crippen molar-refractivity contribution in [2.24, 2.45) is 0 Å². The lowest BCUT2D eigenvalue weighted by molar-refractivity contribution is -0.133. The molecule has 0 spiro atoms. The molecule has 1 heterocycles. The normalized spacial score (nSPS) is 15.3. The molecule has 1 saturated heterocycles. The molecule has 1 aromatic rings. The first kappa shape index (κ1) is 18.5. The third kappa shape index (κ3) is 5.34. The molecule has 1 aliphatic rings. The predicted molar refractivity (Wildman–Crippen MR) is 92.4 cm³/mol. The second kappa shape index (κ2) is 9.42. The van der Waals surface area contributed by atoms with Crippen LogP contribution < -0.4 is 4.74 Å². The molecule has 2 rings (SSSR count). The summed E-state index contributed by atoms with van der Waals surface area (Å²) in [5, 5.41) is 0. The lowest BCUT2D eigenvalue weighted by Crippen LogP contribution is -2.40. The van der Waals surface area contributed by atoms with Gasteiger partial charge in [0.05, 0.1) is 12.7 Å². The molecule has 24 heavy (non-hydrogen) atoms. The van der Waals surface area contributed by atoms with Gasteiger partial charge in [-0.15, -0.1) is 0 Å². The van der Waals surface area contributed by atoms with E-state index in [-0.39, 0.29) is 30.6 Å². The van der Waals surface area contributed by atoms with Gasteiger partial charge in [0.25, 0.3) is 0 Å². The van der Waals surface area contributed by atoms with Crippen LogP contribution in [0, 0.1) is 0 Å². The highest BCUT2D eigenvalue weighted by atomic mass is 16.5. The van der Waals surface area contributed by atoms with Crippen LogP contribution in [0.2, 0.25) is 0 Å². The molecule has 1 amide bonds. The molecule has 0 atom stereocenters. The van der Waals surface area contributed by atoms with Crippen molar-refractivity contribution < 1.29 is 19.1 Å². The summed E-state index contributed by atoms with van der Waals surface area (Å²) in [5.41, 5.74) is 0.629. The predicted octanol–water partition coefficient (Wildman–Crippen LogP) is 3.08. The Labute approximate surface area is 143 Å². The number of ether oxygens (including phenoxy) is 2. The highest BCUT2D eigenvalue weighted by molar-refractivity contribution is 5.98. The van der Waals surface area contributed by atoms with Gasteiger partial charge in [0.1, 0.15) is 5.75 Å². The van der Waals surface area contributed by atoms with Crippen molar-refractivity contribution in [3.8, 4) is 5.75 Å². The Morgan fingerprint density at radius 2 is 1.79 bits per heavy atom. The van der Waals surface area contributed by atoms with Crippen LogP contribution in [-0.2, 0) is 9.53 Å². The molecular formula is C19H27NO4. The number of Topliss-reactive ketones (excluding diaryl/α,β-unsaturated/α-hetero) is 1. The number of benzene rings is 1. The Hall–Kier alpha value is -1.88. The van der Waals surface area contributed by atoms with Crippen molar-refractivity contribution >= 4 is 11.7 Å². The summed E-state index contributed by atoms with van der Waals surface area (Å²) in [6.07, 6.45) is 3.46. The number of carbonyl (C=O) groups excluding carboxylic acids is 2. The molecular weight excluding hydrogens is 306 g/mol. The summed E-state index contributed by atoms with van der Waals surface area (Å²) in [6.45, 7) is 4.15. The average molecular weight is 333 g/mol. The lowest BCUT2D eigenvalue weighted by Gasteiger charge is -2.31. The van der Waals surface area contributed by atoms with Crippen LogP contribution in [0.1, 0.15) is 49.4 Å². The fourth-order valence-electron chi connectivity index (χ4n) is 2.82. The van der Waals surface area contributed by atoms with Crippen LogP contribution in [0.15, 0.2) is 24.3 Å². The summed E-state index contributed by atoms with van der Waals surface area (Å²) >= 11 is 0. The molecule has 5 nitrogen and oxygen atoms in total. The Morgan fingerprint density at radius 1 is 1.12 bits per heavy atom. The minimum absolute atomic E-state index is 0.00262. The van der Waals surface area contributed by atoms with Crippen molar-refractivity contribution in [2.75, 3.05) is 26.8 Å². The van der Waals surface area contributed by atoms with E-state index in [2.05, 4.69) is 0 Å². The van der Waals surface area contributed by atoms with Gasteiger partial charge in [-0.1, -0.05) is 6.92 Å². The van der Waals surface area contributed by atoms with Crippen LogP contribution >= 0.6 is 0 Å². The number of piperidine rings is 1. The van der Waals surface area contributed by atoms with E-state index in [1.54, 1.807) is 31.4 Å². The van der Waals surface area contributed by atoms with E-state index in [1.807, 2.05) is 11.8 Å². The molecule has 132 valence electrons. The Morgan fingerprint density at radius 3 is 2.38 bits per heavy atom. The summed E-state index contributed by atoms with van der Waals surface area (Å²) in [6, 6.07) is 7.14. The number of hydrogen-bond donors (Lipinski definition) is 0. The molecule has 0 N–H and O–H groups in total. The largest absolute Gasteiger partial charge is 0.494 e. The maximum absolute atomic E-state index is 12.2. The van der Waals surface area contributed by atoms with Crippen molar-refractivity contribution in [1.29, 1.82) is 0 Å². The van der Waals surface area contributed by atoms with Crippen molar-refractivity contribution in [3.05, 3.63) is 29.8 Å². The average Bonchev–Trinajstić information content (AvgIpc) is 2.64. The zero-order valence-electron chi connectivity index (χ0n) is 14.6. The standard InChI is InChI=1S/C19H27NO4/c1-3-14-24-17-6-4-15(5-7-17)18(21)8-9-19(22)20-12-10-16(23-2)11-13-20/h4-7,16H,3,8-14H2,1-2H3. The van der Waals surface area contributed by atoms with Gasteiger partial charge in [0.15, 0.2) is 5.78 Å². The van der Waals surface area contributed by atoms with E-state index >= 15 is 0 Å². The first-order chi connectivity index (χ1) is 11.6. The molecule has 5 heteroatoms. The SMILES string of the molecule is CCCOc1ccc(C(=O)CCC(=O)N2CCC(OC)CC2)cc1. The molecule has 1 aliphatic heterocycles. The molecule has 0 unspecified atom stereocenters. The van der Waals surface area contributed by atoms with Gasteiger partial charge in [-0.25, -0.2) is 0 Å². The number of amides is 1. The van der Waals surface area contributed by atoms with Crippen LogP contribution in [-0.4, -0.2) is 49.5 Å². The molecule has 0 aromatic heterocycles. The van der Waals surface area contributed by atoms with Crippen LogP contribution in [0.4, 0.5) is 0 Å². The van der Waals surface area contributed by atoms with Gasteiger partial charge in [-0.05, 0) is 43.5 Å². The van der Waals surface area contributed by atoms with Gasteiger partial charge in [-0.3, -0.25) is 9.59 Å². The minimum Gasteiger partial charge on any atom is -0.494 e. The van der Waals surface area contributed by atoms with Gasteiger partial charge in [0.2, 0.25) is 5.91 Å². The molecule has 0 bridgehead atoms. The number of methoxy groups -OCH3 is 1. The first-order valence-corrected chi connectivity index (χ1v) is 8.70. The van der Waals surface area contributed by atoms with E-state index in [4.69, 9.17) is 9.47 Å². The number of carbonyl (C=O) groups is 2. The zero-order valence-corrected chi connectivity index (χ0v) is 14.6. The van der Waals surface area contributed by atoms with Crippen molar-refractivity contribution in [1.82, 2.24) is 4.90 Å². The van der Waals surface area contributed by atoms with Crippen molar-refractivity contribution in [2.45, 2.75) is 45.1 Å². The molecule has 0 radical (unpaired) electrons. The number of nitrogens with zero attached hydrogens (tertiary/aromatic N) is 1. The third-order valence-corrected chi connectivity index (χ3v) is 4.34. The number of likely N-dealkylation sites (tertiary alicyclic amines) is 1. The van der Waals surface area contributed by atoms with Crippen LogP contribution in [0.25, 0.3) is 0 Å². The fourth-order valence-corrected chi connectivity index (χ4v) is 2.82. The van der Waals surface area contributed by atoms with Gasteiger partial charge in [-0.2, -0.15) is 0 Å². The summed E-state index contributed by atoms with van der Waals surface area (Å²) in [4.78, 5) is 26.3. The highest BCUT2D eigenvalue weighted by Crippen LogP contribution is 2.17. The van der Waals surface area contributed by atoms with Crippen molar-refractivity contribution in [3.63, 3.8) is 0 Å². The molecule has 1 aromatic carbocycles. The zero-order chi connectivity index (χ0) is 17.4. The van der Waals surface area contributed by atoms with Gasteiger partial charge >= 0.3 is 0 Å². The summed E-state index contributed by atoms with van der Waals surface area (Å²) < 4.78 is 10.8. The Bertz CT molecular complexity index is 533. The number of rotatable bonds is 8. The lowest BCUT2D eigenvalue weighted by atomic mass is 10.0. The van der Waals surface area contributed by atoms with Crippen LogP contribution in [0.3, 0.4) is 0 Å². The third-order valence-electron chi connectivity index (χ3n) is 4.34. The summed E-state index contributed by atoms with van der Waals surface area (Å²) in [7, 11) is 1.71. The Kier molecular flexibility index (Phi) is 7.25. The molecule has 1 fully saturated rings. The van der Waals surface area contributed by atoms with Gasteiger partial charge < -0.3 is 14.4 Å². The minimum atomic E-state index is -0.00262. The topological polar surface area (TPSA) is 55.8 Å². The maximum atomic E-state index is 12.2. The van der Waals surface area contributed by atoms with E-state index in [0.29, 0.717) is 12.2 Å². The number of hydrogen-bond acceptors (Lipinski definition) is 4. The first-order valence-electron chi connectivity index (χ1n) is 8.70. The molecule has 0 saturated carbocycles.